The van der Waals surface area contributed by atoms with E-state index in [1.54, 1.807) is 16.7 Å². The maximum atomic E-state index is 2.34. The van der Waals surface area contributed by atoms with E-state index in [2.05, 4.69) is 69.2 Å². The average Bonchev–Trinajstić information content (AvgIpc) is 1.90. The average molecular weight is 234 g/mol. The van der Waals surface area contributed by atoms with Gasteiger partial charge in [-0.3, -0.25) is 0 Å². The first-order chi connectivity index (χ1) is 7.28. The molecule has 0 atom stereocenters. The molecule has 0 aliphatic heterocycles. The van der Waals surface area contributed by atoms with Gasteiger partial charge in [0.05, 0.1) is 0 Å². The molecule has 0 heterocycles. The van der Waals surface area contributed by atoms with Crippen molar-refractivity contribution in [2.75, 3.05) is 0 Å². The number of hydrogen-bond acceptors (Lipinski definition) is 0. The van der Waals surface area contributed by atoms with Gasteiger partial charge < -0.3 is 0 Å². The summed E-state index contributed by atoms with van der Waals surface area (Å²) in [6.45, 7) is 23.3. The first-order valence-electron chi connectivity index (χ1n) is 6.75. The topological polar surface area (TPSA) is 0 Å². The van der Waals surface area contributed by atoms with E-state index in [4.69, 9.17) is 0 Å². The van der Waals surface area contributed by atoms with Gasteiger partial charge in [0.1, 0.15) is 0 Å². The van der Waals surface area contributed by atoms with E-state index in [0.29, 0.717) is 0 Å². The number of allylic oxidation sites excluding steroid dienone is 4. The van der Waals surface area contributed by atoms with Gasteiger partial charge in [-0.1, -0.05) is 62.3 Å². The molecule has 1 rings (SSSR count). The number of rotatable bonds is 0. The monoisotopic (exact) mass is 234 g/mol. The molecule has 0 saturated carbocycles. The van der Waals surface area contributed by atoms with E-state index < -0.39 is 0 Å². The first-order valence-corrected chi connectivity index (χ1v) is 6.75. The molecule has 0 aromatic heterocycles. The van der Waals surface area contributed by atoms with Gasteiger partial charge in [0, 0.05) is 0 Å². The minimum Gasteiger partial charge on any atom is -0.0561 e. The molecule has 0 nitrogen and oxygen atoms in total. The van der Waals surface area contributed by atoms with Crippen LogP contribution in [0.15, 0.2) is 22.3 Å². The molecule has 0 aromatic carbocycles. The molecular weight excluding hydrogens is 204 g/mol. The van der Waals surface area contributed by atoms with Crippen LogP contribution in [0.25, 0.3) is 0 Å². The van der Waals surface area contributed by atoms with Gasteiger partial charge in [0.15, 0.2) is 0 Å². The van der Waals surface area contributed by atoms with Crippen molar-refractivity contribution in [3.8, 4) is 0 Å². The summed E-state index contributed by atoms with van der Waals surface area (Å²) in [5, 5.41) is 0. The van der Waals surface area contributed by atoms with Crippen LogP contribution in [-0.4, -0.2) is 0 Å². The van der Waals surface area contributed by atoms with Crippen molar-refractivity contribution in [1.29, 1.82) is 0 Å². The third kappa shape index (κ3) is 2.51. The molecule has 1 aliphatic rings. The van der Waals surface area contributed by atoms with Crippen molar-refractivity contribution >= 4 is 0 Å². The Bertz CT molecular complexity index is 381. The Balaban J connectivity index is 3.37. The molecule has 0 amide bonds. The molecule has 0 N–H and O–H groups in total. The second-order valence-electron chi connectivity index (χ2n) is 8.50. The van der Waals surface area contributed by atoms with Gasteiger partial charge in [0.25, 0.3) is 0 Å². The Morgan fingerprint density at radius 2 is 0.765 bits per heavy atom. The molecule has 0 bridgehead atoms. The predicted molar refractivity (Wildman–Crippen MR) is 78.1 cm³/mol. The van der Waals surface area contributed by atoms with Crippen LogP contribution in [0.3, 0.4) is 0 Å². The quantitative estimate of drug-likeness (QED) is 0.500. The fraction of sp³-hybridized carbons (Fsp3) is 0.765. The first kappa shape index (κ1) is 14.5. The van der Waals surface area contributed by atoms with Gasteiger partial charge in [-0.05, 0) is 45.5 Å². The normalized spacial score (nSPS) is 18.7. The summed E-state index contributed by atoms with van der Waals surface area (Å²) >= 11 is 0. The second-order valence-corrected chi connectivity index (χ2v) is 8.50. The summed E-state index contributed by atoms with van der Waals surface area (Å²) in [7, 11) is 0. The Morgan fingerprint density at radius 3 is 1.00 bits per heavy atom. The summed E-state index contributed by atoms with van der Waals surface area (Å²) < 4.78 is 0. The summed E-state index contributed by atoms with van der Waals surface area (Å²) in [6, 6.07) is 0. The molecule has 98 valence electrons. The van der Waals surface area contributed by atoms with Gasteiger partial charge >= 0.3 is 0 Å². The Hall–Kier alpha value is -0.520. The molecule has 17 heavy (non-hydrogen) atoms. The van der Waals surface area contributed by atoms with E-state index in [9.17, 15) is 0 Å². The van der Waals surface area contributed by atoms with Gasteiger partial charge in [0.2, 0.25) is 0 Å². The van der Waals surface area contributed by atoms with E-state index >= 15 is 0 Å². The fourth-order valence-electron chi connectivity index (χ4n) is 3.19. The van der Waals surface area contributed by atoms with Crippen molar-refractivity contribution in [1.82, 2.24) is 0 Å². The van der Waals surface area contributed by atoms with Crippen molar-refractivity contribution in [3.05, 3.63) is 22.3 Å². The van der Waals surface area contributed by atoms with Crippen LogP contribution in [0.2, 0.25) is 0 Å². The molecule has 0 heteroatoms. The van der Waals surface area contributed by atoms with Crippen molar-refractivity contribution in [2.24, 2.45) is 16.2 Å². The van der Waals surface area contributed by atoms with Crippen molar-refractivity contribution < 1.29 is 0 Å². The van der Waals surface area contributed by atoms with Crippen LogP contribution < -0.4 is 0 Å². The third-order valence-electron chi connectivity index (χ3n) is 3.50. The zero-order valence-corrected chi connectivity index (χ0v) is 13.5. The Kier molecular flexibility index (Phi) is 3.19. The highest BCUT2D eigenvalue weighted by molar-refractivity contribution is 5.64. The van der Waals surface area contributed by atoms with Crippen LogP contribution in [0.1, 0.15) is 69.2 Å². The smallest absolute Gasteiger partial charge is 0.0126 e. The van der Waals surface area contributed by atoms with Crippen molar-refractivity contribution in [3.63, 3.8) is 0 Å². The summed E-state index contributed by atoms with van der Waals surface area (Å²) in [5.74, 6) is 0. The van der Waals surface area contributed by atoms with Crippen LogP contribution in [0.4, 0.5) is 0 Å². The zero-order chi connectivity index (χ0) is 13.8. The van der Waals surface area contributed by atoms with E-state index in [1.165, 1.54) is 5.57 Å². The molecule has 0 saturated heterocycles. The Labute approximate surface area is 108 Å². The predicted octanol–water partition coefficient (Wildman–Crippen LogP) is 5.75. The molecular formula is C17H30. The van der Waals surface area contributed by atoms with Crippen LogP contribution in [-0.2, 0) is 0 Å². The van der Waals surface area contributed by atoms with Gasteiger partial charge in [-0.15, -0.1) is 0 Å². The molecule has 0 fully saturated rings. The molecule has 0 spiro atoms. The lowest BCUT2D eigenvalue weighted by atomic mass is 9.57. The van der Waals surface area contributed by atoms with E-state index in [1.807, 2.05) is 0 Å². The van der Waals surface area contributed by atoms with Gasteiger partial charge in [-0.25, -0.2) is 0 Å². The van der Waals surface area contributed by atoms with Crippen LogP contribution in [0.5, 0.6) is 0 Å². The van der Waals surface area contributed by atoms with E-state index in [-0.39, 0.29) is 16.2 Å². The third-order valence-corrected chi connectivity index (χ3v) is 3.50. The lowest BCUT2D eigenvalue weighted by Crippen LogP contribution is -2.34. The summed E-state index contributed by atoms with van der Waals surface area (Å²) in [6.07, 6.45) is 0. The highest BCUT2D eigenvalue weighted by Crippen LogP contribution is 2.56. The highest BCUT2D eigenvalue weighted by Gasteiger charge is 2.42. The van der Waals surface area contributed by atoms with E-state index in [0.717, 1.165) is 0 Å². The van der Waals surface area contributed by atoms with Crippen LogP contribution in [0, 0.1) is 16.2 Å². The fourth-order valence-corrected chi connectivity index (χ4v) is 3.19. The largest absolute Gasteiger partial charge is 0.0561 e. The minimum absolute atomic E-state index is 0.255. The molecule has 0 aromatic rings. The lowest BCUT2D eigenvalue weighted by Gasteiger charge is -2.47. The van der Waals surface area contributed by atoms with Crippen molar-refractivity contribution in [2.45, 2.75) is 69.2 Å². The zero-order valence-electron chi connectivity index (χ0n) is 13.5. The maximum Gasteiger partial charge on any atom is -0.0126 e. The Morgan fingerprint density at radius 1 is 0.471 bits per heavy atom. The highest BCUT2D eigenvalue weighted by atomic mass is 14.5. The van der Waals surface area contributed by atoms with Crippen LogP contribution >= 0.6 is 0 Å². The standard InChI is InChI=1S/C17H30/c1-11-12(15(2,3)4)14(17(8,9)10)13(11)16(5,6)7/h1-10H3. The molecule has 0 unspecified atom stereocenters. The van der Waals surface area contributed by atoms with Gasteiger partial charge in [-0.2, -0.15) is 0 Å². The summed E-state index contributed by atoms with van der Waals surface area (Å²) in [5.41, 5.74) is 7.11. The second kappa shape index (κ2) is 3.73. The lowest BCUT2D eigenvalue weighted by molar-refractivity contribution is 0.392. The maximum absolute atomic E-state index is 2.34. The molecule has 0 radical (unpaired) electrons. The SMILES string of the molecule is CC1=C(C(C)(C)C)C(C(C)(C)C)=C1C(C)(C)C. The number of hydrogen-bond donors (Lipinski definition) is 0. The summed E-state index contributed by atoms with van der Waals surface area (Å²) in [4.78, 5) is 0. The molecule has 1 aliphatic carbocycles. The minimum atomic E-state index is 0.255.